The Morgan fingerprint density at radius 3 is 2.03 bits per heavy atom. The van der Waals surface area contributed by atoms with Crippen molar-refractivity contribution in [1.29, 1.82) is 0 Å². The van der Waals surface area contributed by atoms with E-state index in [1.54, 1.807) is 52.7 Å². The highest BCUT2D eigenvalue weighted by molar-refractivity contribution is 6.06. The van der Waals surface area contributed by atoms with Crippen LogP contribution in [-0.2, 0) is 24.4 Å². The van der Waals surface area contributed by atoms with Gasteiger partial charge in [-0.25, -0.2) is 9.97 Å². The maximum absolute atomic E-state index is 13.9. The van der Waals surface area contributed by atoms with Crippen LogP contribution >= 0.6 is 0 Å². The van der Waals surface area contributed by atoms with Crippen molar-refractivity contribution in [3.8, 4) is 5.75 Å². The number of primary amides is 2. The fraction of sp³-hybridized carbons (Fsp3) is 0.432. The van der Waals surface area contributed by atoms with E-state index in [2.05, 4.69) is 31.5 Å². The molecule has 1 aliphatic heterocycles. The third kappa shape index (κ3) is 9.98. The fourth-order valence-electron chi connectivity index (χ4n) is 8.33. The summed E-state index contributed by atoms with van der Waals surface area (Å²) in [6.07, 6.45) is 2.13. The second kappa shape index (κ2) is 20.2. The number of aryl methyl sites for hydroxylation is 5. The quantitative estimate of drug-likeness (QED) is 0.0512. The van der Waals surface area contributed by atoms with Gasteiger partial charge in [0.15, 0.2) is 0 Å². The van der Waals surface area contributed by atoms with Crippen LogP contribution in [0.5, 0.6) is 5.75 Å². The molecule has 4 aromatic heterocycles. The normalized spacial score (nSPS) is 13.5. The number of imidazole rings is 2. The fourth-order valence-corrected chi connectivity index (χ4v) is 8.33. The number of aliphatic hydroxyl groups is 1. The van der Waals surface area contributed by atoms with Crippen molar-refractivity contribution in [1.82, 2.24) is 49.3 Å². The maximum Gasteiger partial charge on any atom is 0.276 e. The molecule has 9 N–H and O–H groups in total. The molecule has 6 aromatic rings. The van der Waals surface area contributed by atoms with Crippen LogP contribution < -0.4 is 42.4 Å². The number of amides is 5. The first kappa shape index (κ1) is 46.7. The summed E-state index contributed by atoms with van der Waals surface area (Å²) in [5, 5.41) is 29.5. The van der Waals surface area contributed by atoms with Gasteiger partial charge in [0, 0.05) is 63.5 Å². The third-order valence-corrected chi connectivity index (χ3v) is 11.4. The van der Waals surface area contributed by atoms with Crippen molar-refractivity contribution >= 4 is 69.2 Å². The Balaban J connectivity index is 1.23. The average molecular weight is 908 g/mol. The van der Waals surface area contributed by atoms with Gasteiger partial charge in [-0.05, 0) is 89.8 Å². The Labute approximate surface area is 380 Å². The maximum atomic E-state index is 13.9. The Morgan fingerprint density at radius 2 is 1.41 bits per heavy atom. The minimum absolute atomic E-state index is 0.0576. The molecule has 7 rings (SSSR count). The van der Waals surface area contributed by atoms with E-state index in [1.165, 1.54) is 0 Å². The number of fused-ring (bicyclic) bond motifs is 1. The predicted octanol–water partition coefficient (Wildman–Crippen LogP) is 2.47. The molecule has 0 fully saturated rings. The molecule has 5 heterocycles. The number of nitrogens with one attached hydrogen (secondary N) is 4. The van der Waals surface area contributed by atoms with Gasteiger partial charge in [0.1, 0.15) is 22.7 Å². The molecule has 0 aliphatic carbocycles. The molecule has 0 spiro atoms. The summed E-state index contributed by atoms with van der Waals surface area (Å²) >= 11 is 0. The molecule has 0 unspecified atom stereocenters. The summed E-state index contributed by atoms with van der Waals surface area (Å²) in [5.41, 5.74) is 16.9. The Hall–Kier alpha value is -7.33. The van der Waals surface area contributed by atoms with E-state index >= 15 is 0 Å². The van der Waals surface area contributed by atoms with Crippen LogP contribution in [0.2, 0.25) is 0 Å². The van der Waals surface area contributed by atoms with Crippen LogP contribution in [0.4, 0.5) is 17.6 Å². The summed E-state index contributed by atoms with van der Waals surface area (Å²) in [4.78, 5) is 76.9. The van der Waals surface area contributed by atoms with E-state index < -0.39 is 17.7 Å². The van der Waals surface area contributed by atoms with E-state index in [1.807, 2.05) is 41.9 Å². The van der Waals surface area contributed by atoms with Crippen molar-refractivity contribution in [2.45, 2.75) is 79.1 Å². The Morgan fingerprint density at radius 1 is 0.803 bits per heavy atom. The zero-order valence-electron chi connectivity index (χ0n) is 37.8. The topological polar surface area (TPSA) is 289 Å². The van der Waals surface area contributed by atoms with E-state index in [-0.39, 0.29) is 54.7 Å². The molecule has 66 heavy (non-hydrogen) atoms. The van der Waals surface area contributed by atoms with Crippen LogP contribution in [0, 0.1) is 13.8 Å². The number of benzene rings is 2. The second-order valence-electron chi connectivity index (χ2n) is 16.2. The van der Waals surface area contributed by atoms with Crippen molar-refractivity contribution in [2.24, 2.45) is 11.5 Å². The van der Waals surface area contributed by atoms with Gasteiger partial charge in [-0.3, -0.25) is 44.0 Å². The number of nitrogens with zero attached hydrogens (tertiary/aromatic N) is 9. The van der Waals surface area contributed by atoms with Gasteiger partial charge in [-0.15, -0.1) is 0 Å². The van der Waals surface area contributed by atoms with Crippen LogP contribution in [0.1, 0.15) is 98.7 Å². The van der Waals surface area contributed by atoms with Crippen molar-refractivity contribution in [3.63, 3.8) is 0 Å². The molecular weight excluding hydrogens is 851 g/mol. The van der Waals surface area contributed by atoms with Gasteiger partial charge < -0.3 is 46.0 Å². The number of aromatic nitrogens is 8. The highest BCUT2D eigenvalue weighted by atomic mass is 16.5. The van der Waals surface area contributed by atoms with E-state index in [4.69, 9.17) is 31.3 Å². The molecule has 0 saturated heterocycles. The second-order valence-corrected chi connectivity index (χ2v) is 16.2. The number of anilines is 3. The lowest BCUT2D eigenvalue weighted by Crippen LogP contribution is -2.35. The summed E-state index contributed by atoms with van der Waals surface area (Å²) in [6.45, 7) is 10.0. The van der Waals surface area contributed by atoms with Crippen molar-refractivity contribution < 1.29 is 33.8 Å². The largest absolute Gasteiger partial charge is 0.491 e. The van der Waals surface area contributed by atoms with E-state index in [0.717, 1.165) is 11.2 Å². The molecule has 22 heteroatoms. The van der Waals surface area contributed by atoms with Crippen molar-refractivity contribution in [2.75, 3.05) is 62.0 Å². The zero-order valence-corrected chi connectivity index (χ0v) is 37.8. The summed E-state index contributed by atoms with van der Waals surface area (Å²) in [7, 11) is 1.94. The Bertz CT molecular complexity index is 2800. The van der Waals surface area contributed by atoms with Crippen molar-refractivity contribution in [3.05, 3.63) is 70.3 Å². The average Bonchev–Trinajstić information content (AvgIpc) is 4.04. The number of ether oxygens (including phenoxy) is 1. The summed E-state index contributed by atoms with van der Waals surface area (Å²) in [6, 6.07) is 9.68. The molecule has 2 aromatic carbocycles. The number of aliphatic hydroxyl groups excluding tert-OH is 1. The third-order valence-electron chi connectivity index (χ3n) is 11.4. The highest BCUT2D eigenvalue weighted by Crippen LogP contribution is 2.40. The lowest BCUT2D eigenvalue weighted by atomic mass is 10.1. The first-order valence-electron chi connectivity index (χ1n) is 22.0. The minimum Gasteiger partial charge on any atom is -0.491 e. The smallest absolute Gasteiger partial charge is 0.276 e. The number of carbonyl (C=O) groups excluding carboxylic acids is 5. The number of hydrogen-bond donors (Lipinski definition) is 7. The first-order valence-corrected chi connectivity index (χ1v) is 22.0. The molecule has 1 aliphatic rings. The van der Waals surface area contributed by atoms with Crippen LogP contribution in [0.15, 0.2) is 36.4 Å². The van der Waals surface area contributed by atoms with Crippen LogP contribution in [0.25, 0.3) is 22.1 Å². The number of carbonyl (C=O) groups is 5. The van der Waals surface area contributed by atoms with Gasteiger partial charge in [-0.2, -0.15) is 10.2 Å². The molecule has 350 valence electrons. The van der Waals surface area contributed by atoms with Gasteiger partial charge >= 0.3 is 0 Å². The SMILES string of the molecule is CCn1nc(C)cc1C(=O)Nc1nc2cc(C(N)=O)cc(OCCCNC(=O)CNCCO)c2n1CCC[C@H]1CCN(C)c2cc(C(N)=O)cc3nc(NC(=O)c4cc(C)nn4CC)n1c23. The zero-order chi connectivity index (χ0) is 47.2. The Kier molecular flexibility index (Phi) is 14.3. The minimum atomic E-state index is -0.697. The molecular formula is C44H57N15O7. The lowest BCUT2D eigenvalue weighted by Gasteiger charge is -2.21. The van der Waals surface area contributed by atoms with Gasteiger partial charge in [0.2, 0.25) is 29.6 Å². The standard InChI is InChI=1S/C44H57N15O7/c1-6-57-33(18-25(3)53-57)41(64)51-43-49-31-21-28(40(46)63)23-35(66-17-9-12-48-36(61)24-47-13-16-60)38(31)56(43)14-8-10-29-11-15-55(5)32-22-27(39(45)62)20-30-37(32)59(29)44(50-30)52-42(65)34-19-26(4)54-58(34)7-2/h18-23,29,47,60H,6-17,24H2,1-5H3,(H2,45,62)(H2,46,63)(H,48,61)(H,49,51,64)(H,50,52,65)/t29-/m0/s1. The molecule has 0 bridgehead atoms. The molecule has 0 radical (unpaired) electrons. The molecule has 1 atom stereocenters. The molecule has 22 nitrogen and oxygen atoms in total. The van der Waals surface area contributed by atoms with Gasteiger partial charge in [-0.1, -0.05) is 0 Å². The summed E-state index contributed by atoms with van der Waals surface area (Å²) < 4.78 is 13.4. The molecule has 5 amide bonds. The van der Waals surface area contributed by atoms with Gasteiger partial charge in [0.05, 0.1) is 53.4 Å². The highest BCUT2D eigenvalue weighted by Gasteiger charge is 2.30. The molecule has 0 saturated carbocycles. The first-order chi connectivity index (χ1) is 31.7. The lowest BCUT2D eigenvalue weighted by molar-refractivity contribution is -0.120. The van der Waals surface area contributed by atoms with Crippen LogP contribution in [-0.4, -0.2) is 120 Å². The van der Waals surface area contributed by atoms with Crippen LogP contribution in [0.3, 0.4) is 0 Å². The monoisotopic (exact) mass is 907 g/mol. The predicted molar refractivity (Wildman–Crippen MR) is 247 cm³/mol. The number of rotatable bonds is 21. The van der Waals surface area contributed by atoms with Gasteiger partial charge in [0.25, 0.3) is 11.8 Å². The number of hydrogen-bond acceptors (Lipinski definition) is 13. The van der Waals surface area contributed by atoms with E-state index in [0.29, 0.717) is 116 Å². The van der Waals surface area contributed by atoms with E-state index in [9.17, 15) is 24.0 Å². The number of nitrogens with two attached hydrogens (primary N) is 2. The summed E-state index contributed by atoms with van der Waals surface area (Å²) in [5.74, 6) is -1.54.